The van der Waals surface area contributed by atoms with Crippen molar-refractivity contribution in [3.05, 3.63) is 150 Å². The summed E-state index contributed by atoms with van der Waals surface area (Å²) in [6, 6.07) is 38.0. The lowest BCUT2D eigenvalue weighted by Gasteiger charge is -2.26. The number of nitrogen functional groups attached to an aromatic ring is 1. The molecule has 46 heavy (non-hydrogen) atoms. The van der Waals surface area contributed by atoms with Crippen molar-refractivity contribution in [2.75, 3.05) is 10.6 Å². The molecule has 0 fully saturated rings. The SMILES string of the molecule is NC(=O)Cc1cccc2c1C(c1ccc(N)cc1)=NC(NC(=O)Cc1ccccc1)C(=O)N2c1ccc(Oc2ccccc2)cc1. The molecule has 0 aromatic heterocycles. The van der Waals surface area contributed by atoms with Crippen LogP contribution in [0.15, 0.2) is 132 Å². The number of anilines is 3. The molecule has 1 aliphatic heterocycles. The van der Waals surface area contributed by atoms with E-state index in [0.29, 0.717) is 51.0 Å². The number of para-hydroxylation sites is 1. The zero-order valence-electron chi connectivity index (χ0n) is 24.8. The topological polar surface area (TPSA) is 140 Å². The fourth-order valence-electron chi connectivity index (χ4n) is 5.36. The van der Waals surface area contributed by atoms with Gasteiger partial charge in [-0.3, -0.25) is 19.3 Å². The number of fused-ring (bicyclic) bond motifs is 1. The van der Waals surface area contributed by atoms with Crippen molar-refractivity contribution in [1.29, 1.82) is 0 Å². The van der Waals surface area contributed by atoms with Crippen LogP contribution >= 0.6 is 0 Å². The van der Waals surface area contributed by atoms with E-state index in [1.54, 1.807) is 66.7 Å². The Balaban J connectivity index is 1.47. The smallest absolute Gasteiger partial charge is 0.276 e. The molecule has 1 unspecified atom stereocenters. The normalized spacial score (nSPS) is 14.1. The number of benzene rings is 5. The number of primary amides is 1. The van der Waals surface area contributed by atoms with Gasteiger partial charge >= 0.3 is 0 Å². The van der Waals surface area contributed by atoms with E-state index in [9.17, 15) is 14.4 Å². The molecule has 0 bridgehead atoms. The molecule has 0 aliphatic carbocycles. The van der Waals surface area contributed by atoms with E-state index in [0.717, 1.165) is 5.56 Å². The average molecular weight is 610 g/mol. The number of nitrogens with two attached hydrogens (primary N) is 2. The van der Waals surface area contributed by atoms with Gasteiger partial charge in [0.15, 0.2) is 0 Å². The van der Waals surface area contributed by atoms with Crippen LogP contribution in [0.1, 0.15) is 22.3 Å². The molecule has 0 radical (unpaired) electrons. The number of nitrogens with zero attached hydrogens (tertiary/aromatic N) is 2. The van der Waals surface area contributed by atoms with Crippen molar-refractivity contribution in [2.24, 2.45) is 10.7 Å². The summed E-state index contributed by atoms with van der Waals surface area (Å²) in [5.74, 6) is -0.153. The lowest BCUT2D eigenvalue weighted by molar-refractivity contribution is -0.126. The highest BCUT2D eigenvalue weighted by atomic mass is 16.5. The quantitative estimate of drug-likeness (QED) is 0.195. The minimum absolute atomic E-state index is 0.0583. The Kier molecular flexibility index (Phi) is 8.55. The molecule has 0 saturated carbocycles. The molecule has 1 heterocycles. The van der Waals surface area contributed by atoms with Crippen LogP contribution in [0.3, 0.4) is 0 Å². The zero-order valence-corrected chi connectivity index (χ0v) is 24.8. The number of amides is 3. The molecule has 0 saturated heterocycles. The van der Waals surface area contributed by atoms with Crippen LogP contribution in [0.5, 0.6) is 11.5 Å². The third kappa shape index (κ3) is 6.63. The van der Waals surface area contributed by atoms with Crippen LogP contribution in [0, 0.1) is 0 Å². The largest absolute Gasteiger partial charge is 0.457 e. The van der Waals surface area contributed by atoms with E-state index < -0.39 is 18.0 Å². The van der Waals surface area contributed by atoms with Gasteiger partial charge in [-0.2, -0.15) is 0 Å². The lowest BCUT2D eigenvalue weighted by atomic mass is 9.93. The predicted molar refractivity (Wildman–Crippen MR) is 178 cm³/mol. The maximum Gasteiger partial charge on any atom is 0.276 e. The molecule has 0 spiro atoms. The van der Waals surface area contributed by atoms with Crippen molar-refractivity contribution in [3.8, 4) is 11.5 Å². The van der Waals surface area contributed by atoms with Crippen molar-refractivity contribution in [3.63, 3.8) is 0 Å². The molecule has 5 aromatic rings. The number of carbonyl (C=O) groups is 3. The summed E-state index contributed by atoms with van der Waals surface area (Å²) in [4.78, 5) is 46.4. The van der Waals surface area contributed by atoms with Crippen LogP contribution in [0.4, 0.5) is 17.1 Å². The van der Waals surface area contributed by atoms with Crippen LogP contribution in [0.25, 0.3) is 0 Å². The highest BCUT2D eigenvalue weighted by Gasteiger charge is 2.35. The maximum absolute atomic E-state index is 14.5. The van der Waals surface area contributed by atoms with Crippen molar-refractivity contribution >= 4 is 40.5 Å². The minimum Gasteiger partial charge on any atom is -0.457 e. The number of aliphatic imine (C=N–C) groups is 1. The van der Waals surface area contributed by atoms with Gasteiger partial charge < -0.3 is 21.5 Å². The molecular weight excluding hydrogens is 578 g/mol. The molecule has 9 heteroatoms. The Morgan fingerprint density at radius 2 is 1.41 bits per heavy atom. The highest BCUT2D eigenvalue weighted by Crippen LogP contribution is 2.37. The van der Waals surface area contributed by atoms with E-state index in [-0.39, 0.29) is 18.7 Å². The highest BCUT2D eigenvalue weighted by molar-refractivity contribution is 6.22. The summed E-state index contributed by atoms with van der Waals surface area (Å²) in [7, 11) is 0. The number of benzodiazepines with no additional fused rings is 1. The zero-order chi connectivity index (χ0) is 32.0. The first-order valence-corrected chi connectivity index (χ1v) is 14.7. The summed E-state index contributed by atoms with van der Waals surface area (Å²) in [6.45, 7) is 0. The number of carbonyl (C=O) groups excluding carboxylic acids is 3. The maximum atomic E-state index is 14.5. The van der Waals surface area contributed by atoms with Crippen molar-refractivity contribution < 1.29 is 19.1 Å². The van der Waals surface area contributed by atoms with E-state index in [1.165, 1.54) is 4.90 Å². The number of hydrogen-bond donors (Lipinski definition) is 3. The average Bonchev–Trinajstić information content (AvgIpc) is 3.17. The second-order valence-corrected chi connectivity index (χ2v) is 10.8. The third-order valence-corrected chi connectivity index (χ3v) is 7.45. The second-order valence-electron chi connectivity index (χ2n) is 10.8. The van der Waals surface area contributed by atoms with Gasteiger partial charge in [-0.25, -0.2) is 4.99 Å². The van der Waals surface area contributed by atoms with Gasteiger partial charge in [0.25, 0.3) is 5.91 Å². The molecule has 9 nitrogen and oxygen atoms in total. The Morgan fingerprint density at radius 3 is 2.09 bits per heavy atom. The van der Waals surface area contributed by atoms with E-state index >= 15 is 0 Å². The molecular formula is C37H31N5O4. The van der Waals surface area contributed by atoms with Gasteiger partial charge in [0, 0.05) is 22.5 Å². The van der Waals surface area contributed by atoms with Crippen molar-refractivity contribution in [1.82, 2.24) is 5.32 Å². The first-order valence-electron chi connectivity index (χ1n) is 14.7. The van der Waals surface area contributed by atoms with Gasteiger partial charge in [-0.1, -0.05) is 72.8 Å². The van der Waals surface area contributed by atoms with Gasteiger partial charge in [-0.15, -0.1) is 0 Å². The molecule has 228 valence electrons. The summed E-state index contributed by atoms with van der Waals surface area (Å²) in [6.07, 6.45) is -1.32. The van der Waals surface area contributed by atoms with Crippen LogP contribution in [0.2, 0.25) is 0 Å². The molecule has 1 aliphatic rings. The molecule has 3 amide bonds. The summed E-state index contributed by atoms with van der Waals surface area (Å²) < 4.78 is 5.97. The molecule has 1 atom stereocenters. The Bertz CT molecular complexity index is 1910. The van der Waals surface area contributed by atoms with E-state index in [4.69, 9.17) is 21.2 Å². The predicted octanol–water partition coefficient (Wildman–Crippen LogP) is 5.29. The number of ether oxygens (including phenoxy) is 1. The van der Waals surface area contributed by atoms with Crippen LogP contribution < -0.4 is 26.4 Å². The second kappa shape index (κ2) is 13.2. The van der Waals surface area contributed by atoms with Gasteiger partial charge in [0.1, 0.15) is 11.5 Å². The van der Waals surface area contributed by atoms with Crippen molar-refractivity contribution in [2.45, 2.75) is 19.0 Å². The number of hydrogen-bond acceptors (Lipinski definition) is 6. The lowest BCUT2D eigenvalue weighted by Crippen LogP contribution is -2.46. The van der Waals surface area contributed by atoms with E-state index in [1.807, 2.05) is 60.7 Å². The Hall–Kier alpha value is -6.22. The van der Waals surface area contributed by atoms with Gasteiger partial charge in [0.2, 0.25) is 18.0 Å². The fourth-order valence-corrected chi connectivity index (χ4v) is 5.36. The molecule has 5 N–H and O–H groups in total. The van der Waals surface area contributed by atoms with E-state index in [2.05, 4.69) is 5.32 Å². The number of rotatable bonds is 9. The first-order chi connectivity index (χ1) is 22.4. The molecule has 5 aromatic carbocycles. The minimum atomic E-state index is -1.29. The monoisotopic (exact) mass is 609 g/mol. The summed E-state index contributed by atoms with van der Waals surface area (Å²) in [5.41, 5.74) is 16.2. The van der Waals surface area contributed by atoms with Gasteiger partial charge in [0.05, 0.1) is 24.2 Å². The first kappa shape index (κ1) is 29.8. The van der Waals surface area contributed by atoms with Gasteiger partial charge in [-0.05, 0) is 65.7 Å². The fraction of sp³-hybridized carbons (Fsp3) is 0.0811. The third-order valence-electron chi connectivity index (χ3n) is 7.45. The standard InChI is InChI=1S/C37H31N5O4/c38-27-16-14-25(15-17-27)35-34-26(23-32(39)43)10-7-13-31(34)42(28-18-20-30(21-19-28)46-29-11-5-2-6-12-29)37(45)36(41-35)40-33(44)22-24-8-3-1-4-9-24/h1-21,36H,22-23,38H2,(H2,39,43)(H,40,44). The number of nitrogens with one attached hydrogen (secondary N) is 1. The summed E-state index contributed by atoms with van der Waals surface area (Å²) >= 11 is 0. The van der Waals surface area contributed by atoms with Crippen LogP contribution in [-0.2, 0) is 27.2 Å². The van der Waals surface area contributed by atoms with Crippen LogP contribution in [-0.4, -0.2) is 29.6 Å². The summed E-state index contributed by atoms with van der Waals surface area (Å²) in [5, 5.41) is 2.85. The molecule has 6 rings (SSSR count). The Morgan fingerprint density at radius 1 is 0.761 bits per heavy atom. The Labute approximate surface area is 266 Å².